The van der Waals surface area contributed by atoms with E-state index < -0.39 is 0 Å². The quantitative estimate of drug-likeness (QED) is 0.650. The summed E-state index contributed by atoms with van der Waals surface area (Å²) in [7, 11) is 1.71. The van der Waals surface area contributed by atoms with E-state index in [1.807, 2.05) is 0 Å². The van der Waals surface area contributed by atoms with Crippen LogP contribution in [0.1, 0.15) is 40.0 Å². The number of nitrogens with zero attached hydrogens (tertiary/aromatic N) is 1. The molecule has 1 atom stereocenters. The van der Waals surface area contributed by atoms with Gasteiger partial charge in [0.25, 0.3) is 0 Å². The van der Waals surface area contributed by atoms with Gasteiger partial charge in [0.05, 0.1) is 13.2 Å². The van der Waals surface area contributed by atoms with E-state index in [0.29, 0.717) is 19.3 Å². The highest BCUT2D eigenvalue weighted by Gasteiger charge is 2.31. The second-order valence-corrected chi connectivity index (χ2v) is 6.14. The molecule has 0 aromatic rings. The molecule has 0 aliphatic carbocycles. The maximum Gasteiger partial charge on any atom is 0.0700 e. The zero-order chi connectivity index (χ0) is 14.1. The Labute approximate surface area is 118 Å². The molecule has 0 spiro atoms. The number of hydrogen-bond donors (Lipinski definition) is 1. The van der Waals surface area contributed by atoms with Gasteiger partial charge in [0, 0.05) is 44.9 Å². The van der Waals surface area contributed by atoms with Crippen LogP contribution < -0.4 is 5.32 Å². The Bertz CT molecular complexity index is 234. The first-order valence-electron chi connectivity index (χ1n) is 7.65. The third-order valence-electron chi connectivity index (χ3n) is 3.72. The average Bonchev–Trinajstić information content (AvgIpc) is 2.36. The highest BCUT2D eigenvalue weighted by Crippen LogP contribution is 2.18. The van der Waals surface area contributed by atoms with Crippen molar-refractivity contribution in [3.63, 3.8) is 0 Å². The highest BCUT2D eigenvalue weighted by molar-refractivity contribution is 4.91. The SMILES string of the molecule is CCCC1CNC(C)(C)CN1CCCOCCOC. The van der Waals surface area contributed by atoms with Crippen LogP contribution in [0.5, 0.6) is 0 Å². The first-order chi connectivity index (χ1) is 9.09. The van der Waals surface area contributed by atoms with Crippen molar-refractivity contribution in [3.05, 3.63) is 0 Å². The molecule has 1 heterocycles. The van der Waals surface area contributed by atoms with E-state index in [1.54, 1.807) is 7.11 Å². The summed E-state index contributed by atoms with van der Waals surface area (Å²) in [5.41, 5.74) is 0.237. The summed E-state index contributed by atoms with van der Waals surface area (Å²) in [6.45, 7) is 12.5. The van der Waals surface area contributed by atoms with Crippen LogP contribution in [0.25, 0.3) is 0 Å². The van der Waals surface area contributed by atoms with Gasteiger partial charge in [-0.25, -0.2) is 0 Å². The number of piperazine rings is 1. The van der Waals surface area contributed by atoms with Gasteiger partial charge in [-0.15, -0.1) is 0 Å². The van der Waals surface area contributed by atoms with Crippen molar-refractivity contribution >= 4 is 0 Å². The summed E-state index contributed by atoms with van der Waals surface area (Å²) in [6, 6.07) is 0.692. The fraction of sp³-hybridized carbons (Fsp3) is 1.00. The van der Waals surface area contributed by atoms with Crippen LogP contribution in [0.15, 0.2) is 0 Å². The Morgan fingerprint density at radius 3 is 2.74 bits per heavy atom. The number of hydrogen-bond acceptors (Lipinski definition) is 4. The zero-order valence-electron chi connectivity index (χ0n) is 13.2. The molecule has 1 aliphatic rings. The lowest BCUT2D eigenvalue weighted by Crippen LogP contribution is -2.61. The Morgan fingerprint density at radius 2 is 2.05 bits per heavy atom. The van der Waals surface area contributed by atoms with Gasteiger partial charge in [-0.2, -0.15) is 0 Å². The molecule has 0 bridgehead atoms. The largest absolute Gasteiger partial charge is 0.382 e. The summed E-state index contributed by atoms with van der Waals surface area (Å²) in [5.74, 6) is 0. The maximum absolute atomic E-state index is 5.55. The first-order valence-corrected chi connectivity index (χ1v) is 7.65. The van der Waals surface area contributed by atoms with Crippen LogP contribution in [-0.2, 0) is 9.47 Å². The second-order valence-electron chi connectivity index (χ2n) is 6.14. The lowest BCUT2D eigenvalue weighted by Gasteiger charge is -2.44. The fourth-order valence-corrected chi connectivity index (χ4v) is 2.71. The molecule has 1 rings (SSSR count). The molecule has 1 aliphatic heterocycles. The van der Waals surface area contributed by atoms with Crippen LogP contribution in [0.3, 0.4) is 0 Å². The molecule has 1 fully saturated rings. The molecule has 4 heteroatoms. The van der Waals surface area contributed by atoms with Crippen molar-refractivity contribution in [2.75, 3.05) is 46.6 Å². The summed E-state index contributed by atoms with van der Waals surface area (Å²) < 4.78 is 10.5. The maximum atomic E-state index is 5.55. The smallest absolute Gasteiger partial charge is 0.0700 e. The van der Waals surface area contributed by atoms with E-state index >= 15 is 0 Å². The molecule has 1 unspecified atom stereocenters. The van der Waals surface area contributed by atoms with Crippen LogP contribution in [0, 0.1) is 0 Å². The van der Waals surface area contributed by atoms with E-state index in [-0.39, 0.29) is 5.54 Å². The molecule has 1 saturated heterocycles. The second kappa shape index (κ2) is 8.90. The first kappa shape index (κ1) is 16.9. The number of rotatable bonds is 9. The molecule has 19 heavy (non-hydrogen) atoms. The monoisotopic (exact) mass is 272 g/mol. The Balaban J connectivity index is 2.25. The topological polar surface area (TPSA) is 33.7 Å². The van der Waals surface area contributed by atoms with E-state index in [0.717, 1.165) is 32.7 Å². The predicted octanol–water partition coefficient (Wildman–Crippen LogP) is 1.89. The van der Waals surface area contributed by atoms with Crippen molar-refractivity contribution in [2.24, 2.45) is 0 Å². The van der Waals surface area contributed by atoms with E-state index in [4.69, 9.17) is 9.47 Å². The van der Waals surface area contributed by atoms with Crippen molar-refractivity contribution in [1.29, 1.82) is 0 Å². The van der Waals surface area contributed by atoms with Gasteiger partial charge in [0.15, 0.2) is 0 Å². The van der Waals surface area contributed by atoms with Crippen molar-refractivity contribution < 1.29 is 9.47 Å². The van der Waals surface area contributed by atoms with Crippen LogP contribution in [0.2, 0.25) is 0 Å². The fourth-order valence-electron chi connectivity index (χ4n) is 2.71. The van der Waals surface area contributed by atoms with Gasteiger partial charge in [0.1, 0.15) is 0 Å². The van der Waals surface area contributed by atoms with Crippen molar-refractivity contribution in [2.45, 2.75) is 51.6 Å². The zero-order valence-corrected chi connectivity index (χ0v) is 13.2. The summed E-state index contributed by atoms with van der Waals surface area (Å²) in [5, 5.41) is 3.65. The van der Waals surface area contributed by atoms with Gasteiger partial charge in [-0.3, -0.25) is 4.90 Å². The molecular formula is C15H32N2O2. The minimum absolute atomic E-state index is 0.237. The van der Waals surface area contributed by atoms with Crippen molar-refractivity contribution in [1.82, 2.24) is 10.2 Å². The van der Waals surface area contributed by atoms with E-state index in [1.165, 1.54) is 12.8 Å². The summed E-state index contributed by atoms with van der Waals surface area (Å²) in [6.07, 6.45) is 3.65. The lowest BCUT2D eigenvalue weighted by molar-refractivity contribution is 0.0500. The molecule has 4 nitrogen and oxygen atoms in total. The molecule has 0 amide bonds. The molecule has 114 valence electrons. The molecule has 0 aromatic carbocycles. The van der Waals surface area contributed by atoms with Crippen molar-refractivity contribution in [3.8, 4) is 0 Å². The van der Waals surface area contributed by atoms with Gasteiger partial charge in [0.2, 0.25) is 0 Å². The van der Waals surface area contributed by atoms with E-state index in [9.17, 15) is 0 Å². The van der Waals surface area contributed by atoms with Gasteiger partial charge >= 0.3 is 0 Å². The molecule has 0 radical (unpaired) electrons. The normalized spacial score (nSPS) is 23.7. The lowest BCUT2D eigenvalue weighted by atomic mass is 9.96. The third kappa shape index (κ3) is 6.70. The molecular weight excluding hydrogens is 240 g/mol. The van der Waals surface area contributed by atoms with Crippen LogP contribution in [-0.4, -0.2) is 63.0 Å². The minimum Gasteiger partial charge on any atom is -0.382 e. The summed E-state index contributed by atoms with van der Waals surface area (Å²) >= 11 is 0. The Kier molecular flexibility index (Phi) is 7.91. The molecule has 0 saturated carbocycles. The Morgan fingerprint density at radius 1 is 1.26 bits per heavy atom. The average molecular weight is 272 g/mol. The standard InChI is InChI=1S/C15H32N2O2/c1-5-7-14-12-16-15(2,3)13-17(14)8-6-9-19-11-10-18-4/h14,16H,5-13H2,1-4H3. The Hall–Kier alpha value is -0.160. The minimum atomic E-state index is 0.237. The van der Waals surface area contributed by atoms with Crippen LogP contribution >= 0.6 is 0 Å². The van der Waals surface area contributed by atoms with Crippen LogP contribution in [0.4, 0.5) is 0 Å². The number of nitrogens with one attached hydrogen (secondary N) is 1. The van der Waals surface area contributed by atoms with E-state index in [2.05, 4.69) is 31.0 Å². The highest BCUT2D eigenvalue weighted by atomic mass is 16.5. The third-order valence-corrected chi connectivity index (χ3v) is 3.72. The van der Waals surface area contributed by atoms with Gasteiger partial charge in [-0.05, 0) is 26.7 Å². The van der Waals surface area contributed by atoms with Gasteiger partial charge in [-0.1, -0.05) is 13.3 Å². The summed E-state index contributed by atoms with van der Waals surface area (Å²) in [4.78, 5) is 2.64. The number of methoxy groups -OCH3 is 1. The molecule has 0 aromatic heterocycles. The number of ether oxygens (including phenoxy) is 2. The van der Waals surface area contributed by atoms with Gasteiger partial charge < -0.3 is 14.8 Å². The molecule has 1 N–H and O–H groups in total. The predicted molar refractivity (Wildman–Crippen MR) is 79.7 cm³/mol.